The van der Waals surface area contributed by atoms with Gasteiger partial charge in [-0.3, -0.25) is 0 Å². The predicted octanol–water partition coefficient (Wildman–Crippen LogP) is 7.86. The summed E-state index contributed by atoms with van der Waals surface area (Å²) in [6.45, 7) is 11.2. The van der Waals surface area contributed by atoms with E-state index in [0.717, 1.165) is 0 Å². The lowest BCUT2D eigenvalue weighted by atomic mass is 10.1. The van der Waals surface area contributed by atoms with Gasteiger partial charge in [-0.1, -0.05) is 136 Å². The molecule has 0 fully saturated rings. The van der Waals surface area contributed by atoms with Gasteiger partial charge in [-0.15, -0.1) is 0 Å². The van der Waals surface area contributed by atoms with Gasteiger partial charge in [0, 0.05) is 0 Å². The zero-order chi connectivity index (χ0) is 23.6. The van der Waals surface area contributed by atoms with E-state index in [9.17, 15) is 0 Å². The monoisotopic (exact) mass is 579 g/mol. The van der Waals surface area contributed by atoms with Crippen LogP contribution >= 0.6 is 0 Å². The molecule has 0 bridgehead atoms. The van der Waals surface area contributed by atoms with Crippen LogP contribution in [0.3, 0.4) is 0 Å². The summed E-state index contributed by atoms with van der Waals surface area (Å²) < 4.78 is 1.36. The van der Waals surface area contributed by atoms with Crippen molar-refractivity contribution in [1.29, 1.82) is 0 Å². The van der Waals surface area contributed by atoms with Crippen LogP contribution in [0.5, 0.6) is 0 Å². The van der Waals surface area contributed by atoms with Gasteiger partial charge in [0.15, 0.2) is 0 Å². The summed E-state index contributed by atoms with van der Waals surface area (Å²) in [4.78, 5) is 0. The van der Waals surface area contributed by atoms with E-state index in [2.05, 4.69) is 27.8 Å². The molecular formula is C31H66IN. The minimum atomic E-state index is 0. The summed E-state index contributed by atoms with van der Waals surface area (Å²) in [5, 5.41) is 0. The summed E-state index contributed by atoms with van der Waals surface area (Å²) in [5.41, 5.74) is 0. The highest BCUT2D eigenvalue weighted by Gasteiger charge is 2.20. The lowest BCUT2D eigenvalue weighted by Crippen LogP contribution is -3.00. The first-order valence-electron chi connectivity index (χ1n) is 15.5. The maximum absolute atomic E-state index is 2.59. The van der Waals surface area contributed by atoms with Gasteiger partial charge in [0.1, 0.15) is 0 Å². The Balaban J connectivity index is 0. The van der Waals surface area contributed by atoms with Crippen LogP contribution in [0.4, 0.5) is 0 Å². The number of unbranched alkanes of at least 4 members (excludes halogenated alkanes) is 21. The summed E-state index contributed by atoms with van der Waals surface area (Å²) in [5.74, 6) is 0. The highest BCUT2D eigenvalue weighted by Crippen LogP contribution is 2.17. The molecule has 0 aromatic rings. The number of quaternary nitrogens is 1. The van der Waals surface area contributed by atoms with Crippen LogP contribution < -0.4 is 24.0 Å². The van der Waals surface area contributed by atoms with Crippen molar-refractivity contribution in [3.05, 3.63) is 0 Å². The number of hydrogen-bond donors (Lipinski definition) is 0. The van der Waals surface area contributed by atoms with Gasteiger partial charge >= 0.3 is 0 Å². The Morgan fingerprint density at radius 3 is 0.697 bits per heavy atom. The second-order valence-corrected chi connectivity index (χ2v) is 11.2. The maximum Gasteiger partial charge on any atom is 0.0784 e. The third kappa shape index (κ3) is 27.1. The molecule has 0 amide bonds. The maximum atomic E-state index is 2.59. The first-order chi connectivity index (χ1) is 15.7. The molecular weight excluding hydrogens is 513 g/mol. The minimum absolute atomic E-state index is 0. The molecule has 0 heterocycles. The normalized spacial score (nSPS) is 11.6. The minimum Gasteiger partial charge on any atom is -1.00 e. The third-order valence-electron chi connectivity index (χ3n) is 7.65. The topological polar surface area (TPSA) is 0 Å². The lowest BCUT2D eigenvalue weighted by molar-refractivity contribution is -0.910. The molecule has 0 aromatic heterocycles. The van der Waals surface area contributed by atoms with Crippen LogP contribution in [0.15, 0.2) is 0 Å². The molecule has 0 aromatic carbocycles. The average Bonchev–Trinajstić information content (AvgIpc) is 2.79. The fourth-order valence-corrected chi connectivity index (χ4v) is 5.22. The van der Waals surface area contributed by atoms with Gasteiger partial charge in [-0.25, -0.2) is 0 Å². The van der Waals surface area contributed by atoms with Crippen LogP contribution in [0.25, 0.3) is 0 Å². The van der Waals surface area contributed by atoms with Crippen LogP contribution in [0, 0.1) is 0 Å². The molecule has 0 aliphatic rings. The van der Waals surface area contributed by atoms with Crippen molar-refractivity contribution in [3.63, 3.8) is 0 Å². The Hall–Kier alpha value is 0.690. The van der Waals surface area contributed by atoms with Crippen LogP contribution in [0.1, 0.15) is 175 Å². The second kappa shape index (κ2) is 28.9. The average molecular weight is 580 g/mol. The largest absolute Gasteiger partial charge is 1.00 e. The molecule has 0 unspecified atom stereocenters. The Kier molecular flexibility index (Phi) is 31.4. The zero-order valence-corrected chi connectivity index (χ0v) is 26.1. The smallest absolute Gasteiger partial charge is 0.0784 e. The quantitative estimate of drug-likeness (QED) is 0.0528. The standard InChI is InChI=1S/C31H66N.HI/c1-5-8-11-14-17-20-23-26-29-32(4,30-27-24-21-18-15-12-9-6-2)31-28-25-22-19-16-13-10-7-3;/h5-31H2,1-4H3;1H/q+1;/p-1. The van der Waals surface area contributed by atoms with E-state index in [1.807, 2.05) is 0 Å². The van der Waals surface area contributed by atoms with Crippen molar-refractivity contribution >= 4 is 0 Å². The highest BCUT2D eigenvalue weighted by molar-refractivity contribution is 4.52. The molecule has 33 heavy (non-hydrogen) atoms. The van der Waals surface area contributed by atoms with Crippen molar-refractivity contribution < 1.29 is 28.5 Å². The van der Waals surface area contributed by atoms with E-state index in [1.165, 1.54) is 178 Å². The molecule has 202 valence electrons. The highest BCUT2D eigenvalue weighted by atomic mass is 127. The molecule has 0 spiro atoms. The third-order valence-corrected chi connectivity index (χ3v) is 7.65. The molecule has 0 aliphatic carbocycles. The molecule has 2 heteroatoms. The van der Waals surface area contributed by atoms with Crippen molar-refractivity contribution in [2.75, 3.05) is 26.7 Å². The number of nitrogens with zero attached hydrogens (tertiary/aromatic N) is 1. The summed E-state index contributed by atoms with van der Waals surface area (Å²) in [6, 6.07) is 0. The van der Waals surface area contributed by atoms with E-state index >= 15 is 0 Å². The number of rotatable bonds is 27. The molecule has 0 saturated heterocycles. The first-order valence-corrected chi connectivity index (χ1v) is 15.5. The van der Waals surface area contributed by atoms with Crippen LogP contribution in [-0.4, -0.2) is 31.2 Å². The Labute approximate surface area is 229 Å². The van der Waals surface area contributed by atoms with Crippen molar-refractivity contribution in [3.8, 4) is 0 Å². The zero-order valence-electron chi connectivity index (χ0n) is 23.9. The number of hydrogen-bond acceptors (Lipinski definition) is 0. The molecule has 0 saturated carbocycles. The summed E-state index contributed by atoms with van der Waals surface area (Å²) in [7, 11) is 2.59. The van der Waals surface area contributed by atoms with Gasteiger partial charge in [-0.2, -0.15) is 0 Å². The molecule has 0 N–H and O–H groups in total. The molecule has 0 rings (SSSR count). The summed E-state index contributed by atoms with van der Waals surface area (Å²) in [6.07, 6.45) is 34.8. The second-order valence-electron chi connectivity index (χ2n) is 11.2. The number of halogens is 1. The van der Waals surface area contributed by atoms with Crippen LogP contribution in [0.2, 0.25) is 0 Å². The van der Waals surface area contributed by atoms with Gasteiger partial charge in [0.25, 0.3) is 0 Å². The lowest BCUT2D eigenvalue weighted by Gasteiger charge is -2.35. The van der Waals surface area contributed by atoms with Gasteiger partial charge in [0.2, 0.25) is 0 Å². The van der Waals surface area contributed by atoms with E-state index in [-0.39, 0.29) is 24.0 Å². The first kappa shape index (κ1) is 35.8. The predicted molar refractivity (Wildman–Crippen MR) is 149 cm³/mol. The van der Waals surface area contributed by atoms with Crippen molar-refractivity contribution in [1.82, 2.24) is 0 Å². The van der Waals surface area contributed by atoms with E-state index < -0.39 is 0 Å². The Morgan fingerprint density at radius 2 is 0.485 bits per heavy atom. The Bertz CT molecular complexity index is 294. The van der Waals surface area contributed by atoms with Gasteiger partial charge < -0.3 is 28.5 Å². The molecule has 1 nitrogen and oxygen atoms in total. The van der Waals surface area contributed by atoms with Crippen molar-refractivity contribution in [2.45, 2.75) is 175 Å². The van der Waals surface area contributed by atoms with E-state index in [1.54, 1.807) is 0 Å². The van der Waals surface area contributed by atoms with E-state index in [0.29, 0.717) is 0 Å². The SMILES string of the molecule is CCCCCCCCCC[N+](C)(CCCCCCCCCC)CCCCCCCCCC.[I-]. The van der Waals surface area contributed by atoms with Crippen LogP contribution in [-0.2, 0) is 0 Å². The van der Waals surface area contributed by atoms with Gasteiger partial charge in [0.05, 0.1) is 26.7 Å². The van der Waals surface area contributed by atoms with Gasteiger partial charge in [-0.05, 0) is 38.5 Å². The molecule has 0 radical (unpaired) electrons. The molecule has 0 aliphatic heterocycles. The fraction of sp³-hybridized carbons (Fsp3) is 1.00. The fourth-order valence-electron chi connectivity index (χ4n) is 5.22. The summed E-state index contributed by atoms with van der Waals surface area (Å²) >= 11 is 0. The Morgan fingerprint density at radius 1 is 0.303 bits per heavy atom. The van der Waals surface area contributed by atoms with Crippen molar-refractivity contribution in [2.24, 2.45) is 0 Å². The molecule has 0 atom stereocenters. The van der Waals surface area contributed by atoms with E-state index in [4.69, 9.17) is 0 Å².